The zero-order valence-corrected chi connectivity index (χ0v) is 11.1. The third kappa shape index (κ3) is 2.51. The molecule has 2 aromatic heterocycles. The van der Waals surface area contributed by atoms with Gasteiger partial charge in [-0.25, -0.2) is 19.7 Å². The van der Waals surface area contributed by atoms with Crippen molar-refractivity contribution in [2.24, 2.45) is 0 Å². The number of benzene rings is 1. The predicted octanol–water partition coefficient (Wildman–Crippen LogP) is 2.82. The molecule has 0 amide bonds. The Labute approximate surface area is 120 Å². The molecule has 0 aliphatic heterocycles. The van der Waals surface area contributed by atoms with Crippen LogP contribution < -0.4 is 4.74 Å². The van der Waals surface area contributed by atoms with Crippen molar-refractivity contribution >= 4 is 17.0 Å². The molecule has 0 aliphatic rings. The minimum Gasteiger partial charge on any atom is -0.476 e. The van der Waals surface area contributed by atoms with Crippen LogP contribution in [0.5, 0.6) is 11.6 Å². The molecule has 2 heterocycles. The summed E-state index contributed by atoms with van der Waals surface area (Å²) in [6.45, 7) is 1.76. The molecule has 1 aromatic carbocycles. The molecule has 21 heavy (non-hydrogen) atoms. The summed E-state index contributed by atoms with van der Waals surface area (Å²) in [7, 11) is 0. The number of rotatable bonds is 3. The molecule has 0 bridgehead atoms. The summed E-state index contributed by atoms with van der Waals surface area (Å²) in [6.07, 6.45) is 1.40. The highest BCUT2D eigenvalue weighted by Gasteiger charge is 2.15. The average molecular weight is 281 g/mol. The Balaban J connectivity index is 2.06. The van der Waals surface area contributed by atoms with E-state index >= 15 is 0 Å². The Morgan fingerprint density at radius 3 is 2.52 bits per heavy atom. The van der Waals surface area contributed by atoms with Crippen molar-refractivity contribution in [1.82, 2.24) is 15.0 Å². The van der Waals surface area contributed by atoms with Crippen LogP contribution in [0.1, 0.15) is 16.2 Å². The van der Waals surface area contributed by atoms with Gasteiger partial charge >= 0.3 is 5.97 Å². The van der Waals surface area contributed by atoms with E-state index in [2.05, 4.69) is 15.0 Å². The molecule has 0 atom stereocenters. The van der Waals surface area contributed by atoms with Crippen LogP contribution in [0.3, 0.4) is 0 Å². The number of aromatic nitrogens is 3. The average Bonchev–Trinajstić information content (AvgIpc) is 2.48. The van der Waals surface area contributed by atoms with E-state index in [1.165, 1.54) is 12.3 Å². The standard InChI is InChI=1S/C15H11N3O3/c1-9-14(18-11-6-3-2-5-10(11)17-9)21-12-7-4-8-16-13(12)15(19)20/h2-8H,1H3,(H,19,20). The second-order valence-corrected chi connectivity index (χ2v) is 4.36. The maximum Gasteiger partial charge on any atom is 0.358 e. The lowest BCUT2D eigenvalue weighted by atomic mass is 10.3. The van der Waals surface area contributed by atoms with Gasteiger partial charge in [-0.1, -0.05) is 12.1 Å². The third-order valence-electron chi connectivity index (χ3n) is 2.88. The van der Waals surface area contributed by atoms with E-state index in [4.69, 9.17) is 9.84 Å². The van der Waals surface area contributed by atoms with Crippen molar-refractivity contribution in [2.45, 2.75) is 6.92 Å². The summed E-state index contributed by atoms with van der Waals surface area (Å²) >= 11 is 0. The second-order valence-electron chi connectivity index (χ2n) is 4.36. The molecular weight excluding hydrogens is 270 g/mol. The number of aromatic carboxylic acids is 1. The lowest BCUT2D eigenvalue weighted by Gasteiger charge is -2.09. The zero-order valence-electron chi connectivity index (χ0n) is 11.1. The molecule has 3 aromatic rings. The van der Waals surface area contributed by atoms with E-state index in [1.54, 1.807) is 13.0 Å². The largest absolute Gasteiger partial charge is 0.476 e. The number of nitrogens with zero attached hydrogens (tertiary/aromatic N) is 3. The van der Waals surface area contributed by atoms with E-state index in [0.717, 1.165) is 5.52 Å². The quantitative estimate of drug-likeness (QED) is 0.794. The maximum absolute atomic E-state index is 11.1. The Kier molecular flexibility index (Phi) is 3.19. The van der Waals surface area contributed by atoms with Crippen LogP contribution in [0.4, 0.5) is 0 Å². The van der Waals surface area contributed by atoms with Gasteiger partial charge in [-0.3, -0.25) is 0 Å². The first kappa shape index (κ1) is 13.0. The molecule has 1 N–H and O–H groups in total. The van der Waals surface area contributed by atoms with Gasteiger partial charge < -0.3 is 9.84 Å². The van der Waals surface area contributed by atoms with Gasteiger partial charge in [0.15, 0.2) is 11.4 Å². The number of carbonyl (C=O) groups is 1. The van der Waals surface area contributed by atoms with Gasteiger partial charge in [-0.2, -0.15) is 0 Å². The van der Waals surface area contributed by atoms with Gasteiger partial charge in [-0.05, 0) is 31.2 Å². The molecule has 0 saturated carbocycles. The minimum atomic E-state index is -1.16. The number of fused-ring (bicyclic) bond motifs is 1. The Morgan fingerprint density at radius 1 is 1.10 bits per heavy atom. The molecule has 0 saturated heterocycles. The summed E-state index contributed by atoms with van der Waals surface area (Å²) in [4.78, 5) is 23.7. The van der Waals surface area contributed by atoms with Gasteiger partial charge in [0.2, 0.25) is 5.88 Å². The summed E-state index contributed by atoms with van der Waals surface area (Å²) < 4.78 is 5.59. The van der Waals surface area contributed by atoms with Gasteiger partial charge in [-0.15, -0.1) is 0 Å². The number of carboxylic acids is 1. The highest BCUT2D eigenvalue weighted by Crippen LogP contribution is 2.26. The van der Waals surface area contributed by atoms with Crippen molar-refractivity contribution in [2.75, 3.05) is 0 Å². The van der Waals surface area contributed by atoms with Crippen molar-refractivity contribution in [3.8, 4) is 11.6 Å². The molecule has 0 unspecified atom stereocenters. The summed E-state index contributed by atoms with van der Waals surface area (Å²) in [6, 6.07) is 10.5. The Hall–Kier alpha value is -3.02. The van der Waals surface area contributed by atoms with Gasteiger partial charge in [0.1, 0.15) is 5.69 Å². The van der Waals surface area contributed by atoms with E-state index in [9.17, 15) is 4.79 Å². The smallest absolute Gasteiger partial charge is 0.358 e. The van der Waals surface area contributed by atoms with Gasteiger partial charge in [0, 0.05) is 6.20 Å². The van der Waals surface area contributed by atoms with E-state index in [0.29, 0.717) is 11.2 Å². The van der Waals surface area contributed by atoms with Crippen molar-refractivity contribution in [3.63, 3.8) is 0 Å². The first-order valence-corrected chi connectivity index (χ1v) is 6.24. The van der Waals surface area contributed by atoms with Crippen LogP contribution in [-0.2, 0) is 0 Å². The van der Waals surface area contributed by atoms with Crippen LogP contribution in [0.15, 0.2) is 42.6 Å². The molecule has 6 heteroatoms. The number of ether oxygens (including phenoxy) is 1. The van der Waals surface area contributed by atoms with Crippen molar-refractivity contribution in [1.29, 1.82) is 0 Å². The monoisotopic (exact) mass is 281 g/mol. The van der Waals surface area contributed by atoms with E-state index in [1.807, 2.05) is 24.3 Å². The maximum atomic E-state index is 11.1. The molecule has 0 fully saturated rings. The number of hydrogen-bond donors (Lipinski definition) is 1. The predicted molar refractivity (Wildman–Crippen MR) is 75.5 cm³/mol. The topological polar surface area (TPSA) is 85.2 Å². The first-order valence-electron chi connectivity index (χ1n) is 6.24. The molecular formula is C15H11N3O3. The first-order chi connectivity index (χ1) is 10.1. The van der Waals surface area contributed by atoms with E-state index in [-0.39, 0.29) is 17.3 Å². The fraction of sp³-hybridized carbons (Fsp3) is 0.0667. The van der Waals surface area contributed by atoms with Gasteiger partial charge in [0.25, 0.3) is 0 Å². The third-order valence-corrected chi connectivity index (χ3v) is 2.88. The SMILES string of the molecule is Cc1nc2ccccc2nc1Oc1cccnc1C(=O)O. The van der Waals surface area contributed by atoms with Crippen molar-refractivity contribution < 1.29 is 14.6 Å². The molecule has 3 rings (SSSR count). The van der Waals surface area contributed by atoms with Crippen molar-refractivity contribution in [3.05, 3.63) is 54.0 Å². The Morgan fingerprint density at radius 2 is 1.81 bits per heavy atom. The number of pyridine rings is 1. The highest BCUT2D eigenvalue weighted by atomic mass is 16.5. The fourth-order valence-electron chi connectivity index (χ4n) is 1.91. The lowest BCUT2D eigenvalue weighted by molar-refractivity contribution is 0.0687. The normalized spacial score (nSPS) is 10.5. The van der Waals surface area contributed by atoms with Gasteiger partial charge in [0.05, 0.1) is 11.0 Å². The molecule has 6 nitrogen and oxygen atoms in total. The number of aryl methyl sites for hydroxylation is 1. The summed E-state index contributed by atoms with van der Waals surface area (Å²) in [5.41, 5.74) is 1.85. The summed E-state index contributed by atoms with van der Waals surface area (Å²) in [5.74, 6) is -0.751. The lowest BCUT2D eigenvalue weighted by Crippen LogP contribution is -2.04. The van der Waals surface area contributed by atoms with Crippen LogP contribution in [0.25, 0.3) is 11.0 Å². The van der Waals surface area contributed by atoms with Crippen LogP contribution in [-0.4, -0.2) is 26.0 Å². The molecule has 0 aliphatic carbocycles. The van der Waals surface area contributed by atoms with Crippen LogP contribution in [0, 0.1) is 6.92 Å². The van der Waals surface area contributed by atoms with Crippen LogP contribution in [0.2, 0.25) is 0 Å². The minimum absolute atomic E-state index is 0.137. The summed E-state index contributed by atoms with van der Waals surface area (Å²) in [5, 5.41) is 9.11. The number of hydrogen-bond acceptors (Lipinski definition) is 5. The second kappa shape index (κ2) is 5.16. The molecule has 0 spiro atoms. The molecule has 0 radical (unpaired) electrons. The Bertz CT molecular complexity index is 833. The van der Waals surface area contributed by atoms with E-state index < -0.39 is 5.97 Å². The number of para-hydroxylation sites is 2. The fourth-order valence-corrected chi connectivity index (χ4v) is 1.91. The number of carboxylic acid groups (broad SMARTS) is 1. The molecule has 104 valence electrons. The highest BCUT2D eigenvalue weighted by molar-refractivity contribution is 5.88. The van der Waals surface area contributed by atoms with Crippen LogP contribution >= 0.6 is 0 Å². The zero-order chi connectivity index (χ0) is 14.8.